The summed E-state index contributed by atoms with van der Waals surface area (Å²) < 4.78 is 0. The number of nitrogens with zero attached hydrogens (tertiary/aromatic N) is 2. The number of likely N-dealkylation sites (N-methyl/N-ethyl adjacent to an activating group) is 1. The van der Waals surface area contributed by atoms with E-state index in [1.54, 1.807) is 11.9 Å². The van der Waals surface area contributed by atoms with E-state index in [0.717, 1.165) is 24.6 Å². The lowest BCUT2D eigenvalue weighted by atomic mass is 10.2. The van der Waals surface area contributed by atoms with Crippen molar-refractivity contribution in [3.8, 4) is 0 Å². The highest BCUT2D eigenvalue weighted by Gasteiger charge is 2.26. The van der Waals surface area contributed by atoms with Crippen molar-refractivity contribution in [3.05, 3.63) is 0 Å². The van der Waals surface area contributed by atoms with Crippen LogP contribution in [0.1, 0.15) is 19.3 Å². The van der Waals surface area contributed by atoms with Gasteiger partial charge in [0.25, 0.3) is 0 Å². The van der Waals surface area contributed by atoms with E-state index in [1.807, 2.05) is 0 Å². The predicted molar refractivity (Wildman–Crippen MR) is 61.9 cm³/mol. The Morgan fingerprint density at radius 1 is 1.13 bits per heavy atom. The molecule has 0 atom stereocenters. The molecule has 5 heteroatoms. The maximum absolute atomic E-state index is 11.5. The molecule has 1 heterocycles. The van der Waals surface area contributed by atoms with Crippen LogP contribution in [0, 0.1) is 0 Å². The molecule has 15 heavy (non-hydrogen) atoms. The molecular weight excluding hydrogens is 260 g/mol. The van der Waals surface area contributed by atoms with E-state index in [1.165, 1.54) is 4.90 Å². The molecule has 1 aliphatic rings. The number of amides is 2. The Hall–Kier alpha value is -0.580. The molecule has 0 aromatic carbocycles. The summed E-state index contributed by atoms with van der Waals surface area (Å²) in [5.74, 6) is 0.103. The first kappa shape index (κ1) is 12.5. The number of alkyl halides is 1. The molecule has 0 aliphatic carbocycles. The second kappa shape index (κ2) is 6.10. The molecule has 0 aromatic rings. The average Bonchev–Trinajstić information content (AvgIpc) is 2.20. The molecule has 0 radical (unpaired) electrons. The van der Waals surface area contributed by atoms with Crippen molar-refractivity contribution in [1.82, 2.24) is 9.80 Å². The lowest BCUT2D eigenvalue weighted by Gasteiger charge is -2.31. The first-order chi connectivity index (χ1) is 7.15. The molecule has 0 spiro atoms. The normalized spacial score (nSPS) is 17.5. The van der Waals surface area contributed by atoms with Gasteiger partial charge in [-0.25, -0.2) is 0 Å². The van der Waals surface area contributed by atoms with E-state index < -0.39 is 0 Å². The van der Waals surface area contributed by atoms with Crippen LogP contribution in [-0.4, -0.2) is 53.6 Å². The number of rotatable bonds is 5. The maximum atomic E-state index is 11.5. The summed E-state index contributed by atoms with van der Waals surface area (Å²) in [7, 11) is 1.67. The second-order valence-electron chi connectivity index (χ2n) is 3.81. The minimum absolute atomic E-state index is 0.0371. The van der Waals surface area contributed by atoms with E-state index in [-0.39, 0.29) is 24.9 Å². The van der Waals surface area contributed by atoms with E-state index in [4.69, 9.17) is 0 Å². The van der Waals surface area contributed by atoms with Crippen LogP contribution < -0.4 is 0 Å². The third-order valence-corrected chi connectivity index (χ3v) is 3.10. The molecule has 0 N–H and O–H groups in total. The highest BCUT2D eigenvalue weighted by atomic mass is 79.9. The van der Waals surface area contributed by atoms with Crippen LogP contribution in [0.5, 0.6) is 0 Å². The number of unbranched alkanes of at least 4 members (excludes halogenated alkanes) is 2. The smallest absolute Gasteiger partial charge is 0.242 e. The van der Waals surface area contributed by atoms with Gasteiger partial charge in [0.05, 0.1) is 13.1 Å². The molecule has 1 rings (SSSR count). The van der Waals surface area contributed by atoms with Crippen molar-refractivity contribution < 1.29 is 9.59 Å². The summed E-state index contributed by atoms with van der Waals surface area (Å²) in [4.78, 5) is 26.0. The Bertz CT molecular complexity index is 246. The van der Waals surface area contributed by atoms with E-state index in [2.05, 4.69) is 15.9 Å². The van der Waals surface area contributed by atoms with Crippen molar-refractivity contribution in [2.24, 2.45) is 0 Å². The van der Waals surface area contributed by atoms with Crippen LogP contribution in [0.4, 0.5) is 0 Å². The molecular formula is C10H17BrN2O2. The van der Waals surface area contributed by atoms with Gasteiger partial charge in [-0.15, -0.1) is 0 Å². The van der Waals surface area contributed by atoms with Gasteiger partial charge in [-0.3, -0.25) is 9.59 Å². The largest absolute Gasteiger partial charge is 0.335 e. The van der Waals surface area contributed by atoms with Crippen LogP contribution in [0.3, 0.4) is 0 Å². The van der Waals surface area contributed by atoms with Crippen molar-refractivity contribution in [2.75, 3.05) is 32.0 Å². The summed E-state index contributed by atoms with van der Waals surface area (Å²) in [5.41, 5.74) is 0. The SMILES string of the molecule is CN1CC(=O)N(CCCCCBr)CC1=O. The van der Waals surface area contributed by atoms with E-state index in [0.29, 0.717) is 6.54 Å². The van der Waals surface area contributed by atoms with Gasteiger partial charge >= 0.3 is 0 Å². The zero-order chi connectivity index (χ0) is 11.3. The fourth-order valence-corrected chi connectivity index (χ4v) is 1.94. The number of piperazine rings is 1. The van der Waals surface area contributed by atoms with E-state index in [9.17, 15) is 9.59 Å². The van der Waals surface area contributed by atoms with Crippen molar-refractivity contribution in [1.29, 1.82) is 0 Å². The molecule has 1 aliphatic heterocycles. The number of carbonyl (C=O) groups excluding carboxylic acids is 2. The number of hydrogen-bond acceptors (Lipinski definition) is 2. The Morgan fingerprint density at radius 3 is 2.53 bits per heavy atom. The van der Waals surface area contributed by atoms with Gasteiger partial charge < -0.3 is 9.80 Å². The second-order valence-corrected chi connectivity index (χ2v) is 4.61. The summed E-state index contributed by atoms with van der Waals surface area (Å²) >= 11 is 3.36. The van der Waals surface area contributed by atoms with Gasteiger partial charge in [-0.05, 0) is 12.8 Å². The topological polar surface area (TPSA) is 40.6 Å². The molecule has 1 saturated heterocycles. The fraction of sp³-hybridized carbons (Fsp3) is 0.800. The minimum Gasteiger partial charge on any atom is -0.335 e. The van der Waals surface area contributed by atoms with Gasteiger partial charge in [0, 0.05) is 18.9 Å². The summed E-state index contributed by atoms with van der Waals surface area (Å²) in [6.45, 7) is 1.20. The third kappa shape index (κ3) is 3.81. The zero-order valence-corrected chi connectivity index (χ0v) is 10.6. The number of halogens is 1. The first-order valence-corrected chi connectivity index (χ1v) is 6.35. The lowest BCUT2D eigenvalue weighted by molar-refractivity contribution is -0.148. The summed E-state index contributed by atoms with van der Waals surface area (Å²) in [6, 6.07) is 0. The van der Waals surface area contributed by atoms with Gasteiger partial charge in [-0.1, -0.05) is 22.4 Å². The van der Waals surface area contributed by atoms with Gasteiger partial charge in [0.1, 0.15) is 0 Å². The minimum atomic E-state index is 0.0371. The highest BCUT2D eigenvalue weighted by Crippen LogP contribution is 2.06. The predicted octanol–water partition coefficient (Wildman–Crippen LogP) is 0.852. The monoisotopic (exact) mass is 276 g/mol. The molecule has 4 nitrogen and oxygen atoms in total. The van der Waals surface area contributed by atoms with Crippen LogP contribution in [0.2, 0.25) is 0 Å². The quantitative estimate of drug-likeness (QED) is 0.552. The van der Waals surface area contributed by atoms with Crippen LogP contribution >= 0.6 is 15.9 Å². The van der Waals surface area contributed by atoms with Crippen molar-refractivity contribution >= 4 is 27.7 Å². The molecule has 86 valence electrons. The first-order valence-electron chi connectivity index (χ1n) is 5.23. The van der Waals surface area contributed by atoms with Crippen LogP contribution in [0.25, 0.3) is 0 Å². The van der Waals surface area contributed by atoms with Gasteiger partial charge in [0.2, 0.25) is 11.8 Å². The molecule has 1 fully saturated rings. The molecule has 0 bridgehead atoms. The Morgan fingerprint density at radius 2 is 1.87 bits per heavy atom. The fourth-order valence-electron chi connectivity index (χ4n) is 1.54. The molecule has 0 aromatic heterocycles. The highest BCUT2D eigenvalue weighted by molar-refractivity contribution is 9.09. The Balaban J connectivity index is 2.29. The van der Waals surface area contributed by atoms with E-state index >= 15 is 0 Å². The Kier molecular flexibility index (Phi) is 5.08. The zero-order valence-electron chi connectivity index (χ0n) is 9.04. The summed E-state index contributed by atoms with van der Waals surface area (Å²) in [5, 5.41) is 1.00. The summed E-state index contributed by atoms with van der Waals surface area (Å²) in [6.07, 6.45) is 3.20. The number of carbonyl (C=O) groups is 2. The van der Waals surface area contributed by atoms with Crippen molar-refractivity contribution in [3.63, 3.8) is 0 Å². The van der Waals surface area contributed by atoms with Gasteiger partial charge in [-0.2, -0.15) is 0 Å². The van der Waals surface area contributed by atoms with Crippen LogP contribution in [-0.2, 0) is 9.59 Å². The standard InChI is InChI=1S/C10H17BrN2O2/c1-12-7-10(15)13(8-9(12)14)6-4-2-3-5-11/h2-8H2,1H3. The molecule has 0 saturated carbocycles. The number of hydrogen-bond donors (Lipinski definition) is 0. The molecule has 0 unspecified atom stereocenters. The lowest BCUT2D eigenvalue weighted by Crippen LogP contribution is -2.52. The Labute approximate surface area is 98.7 Å². The third-order valence-electron chi connectivity index (χ3n) is 2.54. The van der Waals surface area contributed by atoms with Crippen LogP contribution in [0.15, 0.2) is 0 Å². The maximum Gasteiger partial charge on any atom is 0.242 e. The molecule has 2 amide bonds. The van der Waals surface area contributed by atoms with Gasteiger partial charge in [0.15, 0.2) is 0 Å². The average molecular weight is 277 g/mol. The van der Waals surface area contributed by atoms with Crippen molar-refractivity contribution in [2.45, 2.75) is 19.3 Å².